The minimum absolute atomic E-state index is 0.298. The maximum absolute atomic E-state index is 12.1. The first-order chi connectivity index (χ1) is 9.22. The summed E-state index contributed by atoms with van der Waals surface area (Å²) in [4.78, 5) is 16.5. The fourth-order valence-corrected chi connectivity index (χ4v) is 2.84. The Labute approximate surface area is 118 Å². The highest BCUT2D eigenvalue weighted by Gasteiger charge is 2.21. The van der Waals surface area contributed by atoms with Gasteiger partial charge in [-0.15, -0.1) is 0 Å². The molecule has 1 amide bonds. The van der Waals surface area contributed by atoms with Crippen molar-refractivity contribution in [2.24, 2.45) is 0 Å². The number of hydrogen-bond acceptors (Lipinski definition) is 2. The second-order valence-corrected chi connectivity index (χ2v) is 5.25. The van der Waals surface area contributed by atoms with Gasteiger partial charge in [0.15, 0.2) is 0 Å². The van der Waals surface area contributed by atoms with Crippen LogP contribution in [-0.4, -0.2) is 61.0 Å². The van der Waals surface area contributed by atoms with Crippen molar-refractivity contribution in [2.75, 3.05) is 39.3 Å². The lowest BCUT2D eigenvalue weighted by molar-refractivity contribution is -0.131. The molecule has 1 fully saturated rings. The van der Waals surface area contributed by atoms with E-state index in [2.05, 4.69) is 17.1 Å². The Balaban J connectivity index is 2.42. The van der Waals surface area contributed by atoms with Gasteiger partial charge in [-0.3, -0.25) is 9.69 Å². The van der Waals surface area contributed by atoms with Crippen molar-refractivity contribution in [3.05, 3.63) is 0 Å². The number of amides is 1. The second kappa shape index (κ2) is 9.32. The summed E-state index contributed by atoms with van der Waals surface area (Å²) in [5.41, 5.74) is 0. The number of carbonyl (C=O) groups excluding carboxylic acids is 1. The van der Waals surface area contributed by atoms with E-state index in [9.17, 15) is 4.79 Å². The number of piperidine rings is 1. The summed E-state index contributed by atoms with van der Waals surface area (Å²) in [5, 5.41) is 4.42. The Morgan fingerprint density at radius 2 is 1.74 bits per heavy atom. The van der Waals surface area contributed by atoms with E-state index in [1.165, 1.54) is 12.8 Å². The zero-order chi connectivity index (χ0) is 14.1. The molecule has 1 aliphatic rings. The Morgan fingerprint density at radius 3 is 2.26 bits per heavy atom. The molecule has 0 aromatic carbocycles. The zero-order valence-electron chi connectivity index (χ0n) is 12.9. The molecule has 19 heavy (non-hydrogen) atoms. The van der Waals surface area contributed by atoms with Gasteiger partial charge in [-0.25, -0.2) is 5.32 Å². The number of nitrogens with zero attached hydrogens (tertiary/aromatic N) is 3. The average Bonchev–Trinajstić information content (AvgIpc) is 2.45. The predicted octanol–water partition coefficient (Wildman–Crippen LogP) is 1.72. The van der Waals surface area contributed by atoms with Gasteiger partial charge in [0.05, 0.1) is 0 Å². The molecule has 1 radical (unpaired) electrons. The number of hydrogen-bond donors (Lipinski definition) is 0. The molecule has 4 heteroatoms. The van der Waals surface area contributed by atoms with E-state index in [4.69, 9.17) is 0 Å². The number of carbonyl (C=O) groups is 1. The van der Waals surface area contributed by atoms with Gasteiger partial charge in [0, 0.05) is 45.2 Å². The lowest BCUT2D eigenvalue weighted by Crippen LogP contribution is -2.43. The smallest absolute Gasteiger partial charge is 0.223 e. The molecule has 0 N–H and O–H groups in total. The Kier molecular flexibility index (Phi) is 8.07. The molecule has 0 aromatic rings. The molecule has 1 rings (SSSR count). The van der Waals surface area contributed by atoms with Gasteiger partial charge in [0.1, 0.15) is 0 Å². The summed E-state index contributed by atoms with van der Waals surface area (Å²) in [6, 6.07) is 0.641. The standard InChI is InChI=1S/C15H30N3O/c1-4-12-18(14-7-10-16-11-8-14)13-9-15(19)17(5-2)6-3/h14H,4-13H2,1-3H3. The van der Waals surface area contributed by atoms with Gasteiger partial charge in [-0.05, 0) is 39.7 Å². The lowest BCUT2D eigenvalue weighted by Gasteiger charge is -2.34. The molecule has 111 valence electrons. The molecule has 0 unspecified atom stereocenters. The van der Waals surface area contributed by atoms with Gasteiger partial charge in [0.2, 0.25) is 5.91 Å². The van der Waals surface area contributed by atoms with E-state index in [0.717, 1.165) is 45.7 Å². The molecule has 0 spiro atoms. The minimum atomic E-state index is 0.298. The Morgan fingerprint density at radius 1 is 1.11 bits per heavy atom. The summed E-state index contributed by atoms with van der Waals surface area (Å²) in [6.07, 6.45) is 4.15. The van der Waals surface area contributed by atoms with Gasteiger partial charge in [0.25, 0.3) is 0 Å². The molecule has 0 atom stereocenters. The second-order valence-electron chi connectivity index (χ2n) is 5.25. The van der Waals surface area contributed by atoms with Crippen LogP contribution in [0.5, 0.6) is 0 Å². The molecular weight excluding hydrogens is 238 g/mol. The first-order valence-corrected chi connectivity index (χ1v) is 7.87. The normalized spacial score (nSPS) is 16.8. The molecular formula is C15H30N3O. The van der Waals surface area contributed by atoms with Crippen LogP contribution in [0.3, 0.4) is 0 Å². The summed E-state index contributed by atoms with van der Waals surface area (Å²) in [7, 11) is 0. The van der Waals surface area contributed by atoms with Crippen molar-refractivity contribution in [2.45, 2.75) is 52.5 Å². The third-order valence-corrected chi connectivity index (χ3v) is 4.00. The van der Waals surface area contributed by atoms with Crippen LogP contribution in [-0.2, 0) is 4.79 Å². The molecule has 1 saturated heterocycles. The fourth-order valence-electron chi connectivity index (χ4n) is 2.84. The monoisotopic (exact) mass is 268 g/mol. The summed E-state index contributed by atoms with van der Waals surface area (Å²) in [5.74, 6) is 0.298. The van der Waals surface area contributed by atoms with Crippen LogP contribution in [0.1, 0.15) is 46.5 Å². The summed E-state index contributed by atoms with van der Waals surface area (Å²) >= 11 is 0. The Hall–Kier alpha value is -0.610. The van der Waals surface area contributed by atoms with Crippen LogP contribution >= 0.6 is 0 Å². The topological polar surface area (TPSA) is 37.7 Å². The van der Waals surface area contributed by atoms with E-state index in [1.807, 2.05) is 18.7 Å². The van der Waals surface area contributed by atoms with E-state index in [0.29, 0.717) is 18.4 Å². The van der Waals surface area contributed by atoms with E-state index < -0.39 is 0 Å². The third kappa shape index (κ3) is 5.49. The highest BCUT2D eigenvalue weighted by atomic mass is 16.2. The number of rotatable bonds is 8. The van der Waals surface area contributed by atoms with Gasteiger partial charge in [-0.1, -0.05) is 6.92 Å². The van der Waals surface area contributed by atoms with Crippen LogP contribution in [0, 0.1) is 0 Å². The minimum Gasteiger partial charge on any atom is -0.343 e. The van der Waals surface area contributed by atoms with Crippen molar-refractivity contribution >= 4 is 5.91 Å². The Bertz CT molecular complexity index is 248. The van der Waals surface area contributed by atoms with E-state index >= 15 is 0 Å². The molecule has 1 aliphatic heterocycles. The average molecular weight is 268 g/mol. The SMILES string of the molecule is CCCN(CCC(=O)N(CC)CC)C1CC[N]CC1. The molecule has 0 aromatic heterocycles. The van der Waals surface area contributed by atoms with Crippen LogP contribution in [0.25, 0.3) is 0 Å². The predicted molar refractivity (Wildman–Crippen MR) is 79.3 cm³/mol. The van der Waals surface area contributed by atoms with Crippen LogP contribution in [0.2, 0.25) is 0 Å². The summed E-state index contributed by atoms with van der Waals surface area (Å²) in [6.45, 7) is 12.0. The first kappa shape index (κ1) is 16.4. The van der Waals surface area contributed by atoms with Crippen LogP contribution in [0.15, 0.2) is 0 Å². The van der Waals surface area contributed by atoms with Crippen molar-refractivity contribution < 1.29 is 4.79 Å². The summed E-state index contributed by atoms with van der Waals surface area (Å²) < 4.78 is 0. The maximum Gasteiger partial charge on any atom is 0.223 e. The van der Waals surface area contributed by atoms with E-state index in [1.54, 1.807) is 0 Å². The van der Waals surface area contributed by atoms with E-state index in [-0.39, 0.29) is 0 Å². The molecule has 0 aliphatic carbocycles. The zero-order valence-corrected chi connectivity index (χ0v) is 12.9. The van der Waals surface area contributed by atoms with Gasteiger partial charge >= 0.3 is 0 Å². The van der Waals surface area contributed by atoms with Crippen LogP contribution in [0.4, 0.5) is 0 Å². The van der Waals surface area contributed by atoms with Crippen molar-refractivity contribution in [3.8, 4) is 0 Å². The molecule has 0 bridgehead atoms. The van der Waals surface area contributed by atoms with Crippen molar-refractivity contribution in [1.82, 2.24) is 15.1 Å². The largest absolute Gasteiger partial charge is 0.343 e. The highest BCUT2D eigenvalue weighted by molar-refractivity contribution is 5.76. The molecule has 1 heterocycles. The fraction of sp³-hybridized carbons (Fsp3) is 0.933. The molecule has 4 nitrogen and oxygen atoms in total. The van der Waals surface area contributed by atoms with Gasteiger partial charge < -0.3 is 4.90 Å². The first-order valence-electron chi connectivity index (χ1n) is 7.87. The lowest BCUT2D eigenvalue weighted by atomic mass is 10.0. The third-order valence-electron chi connectivity index (χ3n) is 4.00. The maximum atomic E-state index is 12.1. The highest BCUT2D eigenvalue weighted by Crippen LogP contribution is 2.13. The molecule has 0 saturated carbocycles. The quantitative estimate of drug-likeness (QED) is 0.672. The van der Waals surface area contributed by atoms with Crippen LogP contribution < -0.4 is 5.32 Å². The van der Waals surface area contributed by atoms with Gasteiger partial charge in [-0.2, -0.15) is 0 Å². The van der Waals surface area contributed by atoms with Crippen molar-refractivity contribution in [1.29, 1.82) is 0 Å². The van der Waals surface area contributed by atoms with Crippen molar-refractivity contribution in [3.63, 3.8) is 0 Å².